The van der Waals surface area contributed by atoms with Gasteiger partial charge in [-0.3, -0.25) is 9.59 Å². The number of carbonyl (C=O) groups is 4. The number of hydrogen-bond donors (Lipinski definition) is 4. The van der Waals surface area contributed by atoms with Gasteiger partial charge in [0.25, 0.3) is 0 Å². The number of aromatic nitrogens is 4. The van der Waals surface area contributed by atoms with Crippen molar-refractivity contribution in [3.8, 4) is 33.6 Å². The molecule has 2 aliphatic heterocycles. The van der Waals surface area contributed by atoms with Gasteiger partial charge in [-0.25, -0.2) is 19.6 Å². The topological polar surface area (TPSA) is 175 Å². The molecule has 0 bridgehead atoms. The number of benzene rings is 2. The summed E-state index contributed by atoms with van der Waals surface area (Å²) in [5, 5.41) is 5.40. The number of hydrogen-bond acceptors (Lipinski definition) is 8. The van der Waals surface area contributed by atoms with Gasteiger partial charge in [-0.1, -0.05) is 95.5 Å². The van der Waals surface area contributed by atoms with Crippen molar-refractivity contribution in [2.24, 2.45) is 11.8 Å². The van der Waals surface area contributed by atoms with Gasteiger partial charge in [0.2, 0.25) is 11.8 Å². The molecule has 0 unspecified atom stereocenters. The highest BCUT2D eigenvalue weighted by atomic mass is 16.5. The van der Waals surface area contributed by atoms with Crippen molar-refractivity contribution in [3.63, 3.8) is 0 Å². The molecule has 0 aliphatic carbocycles. The van der Waals surface area contributed by atoms with Gasteiger partial charge in [0.1, 0.15) is 30.3 Å². The molecule has 0 saturated carbocycles. The first-order chi connectivity index (χ1) is 27.5. The molecule has 300 valence electrons. The zero-order chi connectivity index (χ0) is 40.6. The van der Waals surface area contributed by atoms with E-state index in [-0.39, 0.29) is 42.3 Å². The molecular formula is C43H52N8O6. The first-order valence-corrected chi connectivity index (χ1v) is 19.5. The molecule has 57 heavy (non-hydrogen) atoms. The molecule has 4 N–H and O–H groups in total. The van der Waals surface area contributed by atoms with Crippen LogP contribution in [0.25, 0.3) is 33.6 Å². The summed E-state index contributed by atoms with van der Waals surface area (Å²) in [4.78, 5) is 71.5. The van der Waals surface area contributed by atoms with E-state index in [0.29, 0.717) is 24.7 Å². The second-order valence-corrected chi connectivity index (χ2v) is 15.1. The maximum atomic E-state index is 13.7. The molecule has 0 spiro atoms. The van der Waals surface area contributed by atoms with Crippen molar-refractivity contribution in [1.82, 2.24) is 40.4 Å². The van der Waals surface area contributed by atoms with Gasteiger partial charge in [0.05, 0.1) is 42.1 Å². The third-order valence-electron chi connectivity index (χ3n) is 10.6. The minimum Gasteiger partial charge on any atom is -0.445 e. The second kappa shape index (κ2) is 18.2. The zero-order valence-electron chi connectivity index (χ0n) is 33.0. The van der Waals surface area contributed by atoms with Gasteiger partial charge in [0.15, 0.2) is 0 Å². The molecule has 2 aromatic heterocycles. The molecule has 4 atom stereocenters. The molecule has 4 aromatic rings. The van der Waals surface area contributed by atoms with Crippen LogP contribution in [-0.2, 0) is 19.1 Å². The Morgan fingerprint density at radius 3 is 1.54 bits per heavy atom. The molecule has 2 aliphatic rings. The fourth-order valence-electron chi connectivity index (χ4n) is 7.54. The largest absolute Gasteiger partial charge is 0.445 e. The smallest absolute Gasteiger partial charge is 0.412 e. The maximum Gasteiger partial charge on any atom is 0.412 e. The van der Waals surface area contributed by atoms with Gasteiger partial charge >= 0.3 is 12.2 Å². The highest BCUT2D eigenvalue weighted by Gasteiger charge is 2.39. The van der Waals surface area contributed by atoms with E-state index in [2.05, 4.69) is 68.0 Å². The molecular weight excluding hydrogens is 725 g/mol. The van der Waals surface area contributed by atoms with Gasteiger partial charge < -0.3 is 39.9 Å². The van der Waals surface area contributed by atoms with E-state index in [1.807, 2.05) is 52.0 Å². The monoisotopic (exact) mass is 776 g/mol. The molecule has 4 amide bonds. The minimum atomic E-state index is -0.736. The lowest BCUT2D eigenvalue weighted by Gasteiger charge is -2.30. The lowest BCUT2D eigenvalue weighted by molar-refractivity contribution is -0.136. The normalized spacial score (nSPS) is 17.6. The van der Waals surface area contributed by atoms with E-state index in [0.717, 1.165) is 65.6 Å². The number of likely N-dealkylation sites (tertiary alicyclic amines) is 2. The molecule has 2 fully saturated rings. The van der Waals surface area contributed by atoms with E-state index < -0.39 is 24.3 Å². The quantitative estimate of drug-likeness (QED) is 0.0763. The second-order valence-electron chi connectivity index (χ2n) is 15.1. The third-order valence-corrected chi connectivity index (χ3v) is 10.6. The van der Waals surface area contributed by atoms with Gasteiger partial charge in [0, 0.05) is 13.1 Å². The predicted octanol–water partition coefficient (Wildman–Crippen LogP) is 7.29. The van der Waals surface area contributed by atoms with E-state index in [9.17, 15) is 19.2 Å². The first kappa shape index (κ1) is 40.5. The highest BCUT2D eigenvalue weighted by molar-refractivity contribution is 5.87. The van der Waals surface area contributed by atoms with Crippen LogP contribution in [0.3, 0.4) is 0 Å². The SMILES string of the molecule is C=CCOC(=O)N[C@H](C(=O)N1CCC[C@@H]1c1ncc(-c2ccc(-c3ccc(-c4cnc([C@@H]5CCCN5C(=O)[C@@H](NC(=O)OC=C)C(C)C)[nH]4)cc3)cc2)[nH]1)C(C)C. The van der Waals surface area contributed by atoms with Crippen molar-refractivity contribution >= 4 is 24.0 Å². The summed E-state index contributed by atoms with van der Waals surface area (Å²) >= 11 is 0. The van der Waals surface area contributed by atoms with Crippen molar-refractivity contribution in [2.45, 2.75) is 77.5 Å². The number of nitrogens with one attached hydrogen (secondary N) is 4. The maximum absolute atomic E-state index is 13.7. The summed E-state index contributed by atoms with van der Waals surface area (Å²) in [7, 11) is 0. The summed E-state index contributed by atoms with van der Waals surface area (Å²) in [6, 6.07) is 14.5. The minimum absolute atomic E-state index is 0.0672. The lowest BCUT2D eigenvalue weighted by Crippen LogP contribution is -2.51. The Hall–Kier alpha value is -6.18. The Morgan fingerprint density at radius 1 is 0.719 bits per heavy atom. The molecule has 0 radical (unpaired) electrons. The summed E-state index contributed by atoms with van der Waals surface area (Å²) < 4.78 is 9.88. The summed E-state index contributed by atoms with van der Waals surface area (Å²) in [5.74, 6) is 0.821. The number of nitrogens with zero attached hydrogens (tertiary/aromatic N) is 4. The van der Waals surface area contributed by atoms with E-state index in [1.165, 1.54) is 6.08 Å². The van der Waals surface area contributed by atoms with Crippen LogP contribution < -0.4 is 10.6 Å². The molecule has 6 rings (SSSR count). The van der Waals surface area contributed by atoms with Gasteiger partial charge in [-0.15, -0.1) is 0 Å². The van der Waals surface area contributed by atoms with Crippen molar-refractivity contribution < 1.29 is 28.7 Å². The Morgan fingerprint density at radius 2 is 1.14 bits per heavy atom. The number of amides is 4. The third kappa shape index (κ3) is 9.28. The average molecular weight is 777 g/mol. The van der Waals surface area contributed by atoms with Crippen LogP contribution >= 0.6 is 0 Å². The van der Waals surface area contributed by atoms with Crippen LogP contribution in [0.1, 0.15) is 77.1 Å². The molecule has 4 heterocycles. The Bertz CT molecular complexity index is 2050. The van der Waals surface area contributed by atoms with Crippen LogP contribution in [0, 0.1) is 11.8 Å². The van der Waals surface area contributed by atoms with E-state index in [1.54, 1.807) is 22.2 Å². The van der Waals surface area contributed by atoms with Crippen molar-refractivity contribution in [2.75, 3.05) is 19.7 Å². The van der Waals surface area contributed by atoms with E-state index >= 15 is 0 Å². The van der Waals surface area contributed by atoms with Crippen LogP contribution in [-0.4, -0.2) is 85.5 Å². The Balaban J connectivity index is 1.09. The zero-order valence-corrected chi connectivity index (χ0v) is 33.0. The number of aromatic amines is 2. The van der Waals surface area contributed by atoms with Crippen LogP contribution in [0.4, 0.5) is 9.59 Å². The predicted molar refractivity (Wildman–Crippen MR) is 216 cm³/mol. The van der Waals surface area contributed by atoms with Crippen molar-refractivity contribution in [3.05, 3.63) is 98.1 Å². The number of ether oxygens (including phenoxy) is 2. The highest BCUT2D eigenvalue weighted by Crippen LogP contribution is 2.35. The standard InChI is InChI=1S/C43H52N8O6/c1-7-23-57-43(55)49-37(27(5)6)41(53)51-22-10-12-35(51)39-45-25-33(47-39)31-19-15-29(16-20-31)28-13-17-30(18-14-28)32-24-44-38(46-32)34-11-9-21-50(34)40(52)36(26(3)4)48-42(54)56-8-2/h7-8,13-20,24-27,34-37H,1-2,9-12,21-23H2,3-6H3,(H,44,46)(H,45,47)(H,48,54)(H,49,55)/t34-,35+,36-,37-/m0/s1. The van der Waals surface area contributed by atoms with Crippen LogP contribution in [0.5, 0.6) is 0 Å². The number of imidazole rings is 2. The summed E-state index contributed by atoms with van der Waals surface area (Å²) in [5.41, 5.74) is 5.72. The van der Waals surface area contributed by atoms with Crippen molar-refractivity contribution in [1.29, 1.82) is 0 Å². The Kier molecular flexibility index (Phi) is 12.9. The number of rotatable bonds is 14. The molecule has 2 aromatic carbocycles. The number of alkyl carbamates (subject to hydrolysis) is 2. The number of carbonyl (C=O) groups excluding carboxylic acids is 4. The number of H-pyrrole nitrogens is 2. The van der Waals surface area contributed by atoms with Gasteiger partial charge in [-0.2, -0.15) is 0 Å². The van der Waals surface area contributed by atoms with Crippen LogP contribution in [0.15, 0.2) is 86.4 Å². The van der Waals surface area contributed by atoms with Crippen LogP contribution in [0.2, 0.25) is 0 Å². The Labute approximate surface area is 333 Å². The summed E-state index contributed by atoms with van der Waals surface area (Å²) in [6.07, 6.45) is 7.95. The van der Waals surface area contributed by atoms with E-state index in [4.69, 9.17) is 9.47 Å². The first-order valence-electron chi connectivity index (χ1n) is 19.5. The molecule has 2 saturated heterocycles. The lowest BCUT2D eigenvalue weighted by atomic mass is 10.0. The van der Waals surface area contributed by atoms with Gasteiger partial charge in [-0.05, 0) is 59.8 Å². The fourth-order valence-corrected chi connectivity index (χ4v) is 7.54. The molecule has 14 heteroatoms. The summed E-state index contributed by atoms with van der Waals surface area (Å²) in [6.45, 7) is 15.7. The fraction of sp³-hybridized carbons (Fsp3) is 0.395. The molecule has 14 nitrogen and oxygen atoms in total. The average Bonchev–Trinajstić information content (AvgIpc) is 4.05.